The van der Waals surface area contributed by atoms with E-state index in [2.05, 4.69) is 5.32 Å². The molecular weight excluding hydrogens is 258 g/mol. The average Bonchev–Trinajstić information content (AvgIpc) is 2.45. The van der Waals surface area contributed by atoms with Crippen LogP contribution in [0.15, 0.2) is 18.2 Å². The van der Waals surface area contributed by atoms with E-state index in [0.29, 0.717) is 18.2 Å². The number of carbonyl (C=O) groups is 1. The molecule has 0 aliphatic carbocycles. The highest BCUT2D eigenvalue weighted by molar-refractivity contribution is 5.99. The Morgan fingerprint density at radius 1 is 1.50 bits per heavy atom. The van der Waals surface area contributed by atoms with E-state index in [1.54, 1.807) is 20.2 Å². The first-order chi connectivity index (χ1) is 9.40. The molecule has 20 heavy (non-hydrogen) atoms. The fraction of sp³-hybridized carbons (Fsp3) is 0.500. The van der Waals surface area contributed by atoms with Crippen molar-refractivity contribution in [3.8, 4) is 0 Å². The largest absolute Gasteiger partial charge is 0.388 e. The number of benzene rings is 1. The third kappa shape index (κ3) is 3.69. The Labute approximate surface area is 118 Å². The molecule has 0 radical (unpaired) electrons. The van der Waals surface area contributed by atoms with Crippen molar-refractivity contribution in [3.05, 3.63) is 33.9 Å². The lowest BCUT2D eigenvalue weighted by Gasteiger charge is -2.21. The van der Waals surface area contributed by atoms with Crippen LogP contribution in [0.3, 0.4) is 0 Å². The van der Waals surface area contributed by atoms with Crippen LogP contribution >= 0.6 is 0 Å². The van der Waals surface area contributed by atoms with E-state index in [-0.39, 0.29) is 17.2 Å². The van der Waals surface area contributed by atoms with Crippen molar-refractivity contribution in [1.82, 2.24) is 4.90 Å². The molecule has 0 aromatic heterocycles. The zero-order valence-electron chi connectivity index (χ0n) is 12.3. The predicted molar refractivity (Wildman–Crippen MR) is 79.1 cm³/mol. The zero-order chi connectivity index (χ0) is 15.3. The number of rotatable bonds is 6. The van der Waals surface area contributed by atoms with Gasteiger partial charge in [0, 0.05) is 32.4 Å². The Bertz CT molecular complexity index is 502. The molecule has 1 atom stereocenters. The molecule has 0 heterocycles. The summed E-state index contributed by atoms with van der Waals surface area (Å²) in [5.41, 5.74) is 0.633. The Hall–Kier alpha value is -2.11. The molecule has 1 N–H and O–H groups in total. The van der Waals surface area contributed by atoms with E-state index < -0.39 is 4.92 Å². The van der Waals surface area contributed by atoms with Crippen molar-refractivity contribution < 1.29 is 9.72 Å². The summed E-state index contributed by atoms with van der Waals surface area (Å²) in [6.45, 7) is 4.67. The molecule has 0 saturated carbocycles. The van der Waals surface area contributed by atoms with Gasteiger partial charge in [0.15, 0.2) is 0 Å². The summed E-state index contributed by atoms with van der Waals surface area (Å²) in [4.78, 5) is 24.4. The number of nitro benzene ring substituents is 1. The first-order valence-electron chi connectivity index (χ1n) is 6.62. The maximum Gasteiger partial charge on any atom is 0.282 e. The molecule has 0 spiro atoms. The van der Waals surface area contributed by atoms with Crippen molar-refractivity contribution in [2.75, 3.05) is 26.0 Å². The summed E-state index contributed by atoms with van der Waals surface area (Å²) >= 11 is 0. The van der Waals surface area contributed by atoms with Gasteiger partial charge in [-0.15, -0.1) is 0 Å². The maximum absolute atomic E-state index is 12.4. The van der Waals surface area contributed by atoms with Gasteiger partial charge in [-0.3, -0.25) is 14.9 Å². The first-order valence-corrected chi connectivity index (χ1v) is 6.62. The smallest absolute Gasteiger partial charge is 0.282 e. The normalized spacial score (nSPS) is 11.8. The number of hydrogen-bond donors (Lipinski definition) is 1. The van der Waals surface area contributed by atoms with E-state index in [1.807, 2.05) is 13.8 Å². The summed E-state index contributed by atoms with van der Waals surface area (Å²) < 4.78 is 0. The number of nitrogens with one attached hydrogen (secondary N) is 1. The van der Waals surface area contributed by atoms with Gasteiger partial charge in [0.05, 0.1) is 4.92 Å². The molecular formula is C14H21N3O3. The fourth-order valence-corrected chi connectivity index (χ4v) is 1.91. The van der Waals surface area contributed by atoms with Crippen LogP contribution in [-0.2, 0) is 0 Å². The van der Waals surface area contributed by atoms with E-state index in [0.717, 1.165) is 6.42 Å². The minimum atomic E-state index is -0.524. The zero-order valence-corrected chi connectivity index (χ0v) is 12.3. The van der Waals surface area contributed by atoms with Crippen molar-refractivity contribution in [2.24, 2.45) is 5.92 Å². The van der Waals surface area contributed by atoms with Gasteiger partial charge in [0.1, 0.15) is 5.56 Å². The number of anilines is 1. The molecule has 1 rings (SSSR count). The molecule has 0 aliphatic rings. The molecule has 0 saturated heterocycles. The lowest BCUT2D eigenvalue weighted by atomic mass is 10.1. The van der Waals surface area contributed by atoms with Crippen molar-refractivity contribution in [2.45, 2.75) is 20.3 Å². The molecule has 6 heteroatoms. The van der Waals surface area contributed by atoms with E-state index in [9.17, 15) is 14.9 Å². The highest BCUT2D eigenvalue weighted by atomic mass is 16.6. The van der Waals surface area contributed by atoms with Crippen LogP contribution < -0.4 is 5.32 Å². The van der Waals surface area contributed by atoms with E-state index in [1.165, 1.54) is 17.0 Å². The molecule has 1 aromatic carbocycles. The average molecular weight is 279 g/mol. The van der Waals surface area contributed by atoms with Gasteiger partial charge in [-0.1, -0.05) is 20.3 Å². The molecule has 6 nitrogen and oxygen atoms in total. The van der Waals surface area contributed by atoms with Crippen LogP contribution in [-0.4, -0.2) is 36.4 Å². The summed E-state index contributed by atoms with van der Waals surface area (Å²) in [6, 6.07) is 4.47. The number of nitro groups is 1. The molecule has 0 bridgehead atoms. The standard InChI is InChI=1S/C14H21N3O3/c1-5-10(2)9-16(4)14(18)12-8-11(15-3)6-7-13(12)17(19)20/h6-8,10,15H,5,9H2,1-4H3. The third-order valence-electron chi connectivity index (χ3n) is 3.34. The Morgan fingerprint density at radius 3 is 2.65 bits per heavy atom. The summed E-state index contributed by atoms with van der Waals surface area (Å²) in [7, 11) is 3.38. The van der Waals surface area contributed by atoms with Gasteiger partial charge >= 0.3 is 0 Å². The highest BCUT2D eigenvalue weighted by Gasteiger charge is 2.23. The second-order valence-electron chi connectivity index (χ2n) is 4.94. The predicted octanol–water partition coefficient (Wildman–Crippen LogP) is 2.75. The van der Waals surface area contributed by atoms with Gasteiger partial charge in [-0.25, -0.2) is 0 Å². The van der Waals surface area contributed by atoms with Crippen LogP contribution in [0.1, 0.15) is 30.6 Å². The molecule has 110 valence electrons. The van der Waals surface area contributed by atoms with Gasteiger partial charge < -0.3 is 10.2 Å². The van der Waals surface area contributed by atoms with E-state index in [4.69, 9.17) is 0 Å². The number of hydrogen-bond acceptors (Lipinski definition) is 4. The Balaban J connectivity index is 3.09. The van der Waals surface area contributed by atoms with Crippen molar-refractivity contribution in [3.63, 3.8) is 0 Å². The minimum absolute atomic E-state index is 0.118. The monoisotopic (exact) mass is 279 g/mol. The van der Waals surface area contributed by atoms with Crippen LogP contribution in [0.4, 0.5) is 11.4 Å². The van der Waals surface area contributed by atoms with Gasteiger partial charge in [-0.2, -0.15) is 0 Å². The molecule has 0 fully saturated rings. The van der Waals surface area contributed by atoms with E-state index >= 15 is 0 Å². The maximum atomic E-state index is 12.4. The quantitative estimate of drug-likeness (QED) is 0.641. The van der Waals surface area contributed by atoms with Crippen molar-refractivity contribution >= 4 is 17.3 Å². The summed E-state index contributed by atoms with van der Waals surface area (Å²) in [6.07, 6.45) is 0.955. The number of carbonyl (C=O) groups excluding carboxylic acids is 1. The fourth-order valence-electron chi connectivity index (χ4n) is 1.91. The first kappa shape index (κ1) is 15.9. The topological polar surface area (TPSA) is 75.5 Å². The van der Waals surface area contributed by atoms with Crippen molar-refractivity contribution in [1.29, 1.82) is 0 Å². The minimum Gasteiger partial charge on any atom is -0.388 e. The van der Waals surface area contributed by atoms with Crippen LogP contribution in [0.5, 0.6) is 0 Å². The van der Waals surface area contributed by atoms with Gasteiger partial charge in [-0.05, 0) is 18.1 Å². The van der Waals surface area contributed by atoms with Crippen LogP contribution in [0, 0.1) is 16.0 Å². The third-order valence-corrected chi connectivity index (χ3v) is 3.34. The second-order valence-corrected chi connectivity index (χ2v) is 4.94. The Morgan fingerprint density at radius 2 is 2.15 bits per heavy atom. The molecule has 1 unspecified atom stereocenters. The molecule has 1 aromatic rings. The van der Waals surface area contributed by atoms with Gasteiger partial charge in [0.2, 0.25) is 0 Å². The lowest BCUT2D eigenvalue weighted by Crippen LogP contribution is -2.31. The second kappa shape index (κ2) is 6.88. The van der Waals surface area contributed by atoms with Crippen LogP contribution in [0.2, 0.25) is 0 Å². The Kier molecular flexibility index (Phi) is 5.49. The number of amides is 1. The lowest BCUT2D eigenvalue weighted by molar-refractivity contribution is -0.385. The summed E-state index contributed by atoms with van der Waals surface area (Å²) in [5, 5.41) is 13.9. The van der Waals surface area contributed by atoms with Crippen LogP contribution in [0.25, 0.3) is 0 Å². The highest BCUT2D eigenvalue weighted by Crippen LogP contribution is 2.24. The SMILES string of the molecule is CCC(C)CN(C)C(=O)c1cc(NC)ccc1[N+](=O)[O-]. The molecule has 0 aliphatic heterocycles. The van der Waals surface area contributed by atoms with Gasteiger partial charge in [0.25, 0.3) is 11.6 Å². The molecule has 1 amide bonds. The summed E-state index contributed by atoms with van der Waals surface area (Å²) in [5.74, 6) is 0.0320. The number of nitrogens with zero attached hydrogens (tertiary/aromatic N) is 2.